The number of nitrogens with one attached hydrogen (secondary N) is 1. The second kappa shape index (κ2) is 6.85. The molecular formula is C11H18N2S. The molecule has 0 saturated carbocycles. The highest BCUT2D eigenvalue weighted by molar-refractivity contribution is 7.99. The summed E-state index contributed by atoms with van der Waals surface area (Å²) in [5.41, 5.74) is 0. The van der Waals surface area contributed by atoms with Crippen molar-refractivity contribution in [3.05, 3.63) is 24.5 Å². The Labute approximate surface area is 90.5 Å². The first kappa shape index (κ1) is 11.5. The maximum Gasteiger partial charge on any atom is 0.0278 e. The molecule has 3 heteroatoms. The summed E-state index contributed by atoms with van der Waals surface area (Å²) in [6, 6.07) is 4.68. The minimum absolute atomic E-state index is 0.577. The van der Waals surface area contributed by atoms with E-state index >= 15 is 0 Å². The summed E-state index contributed by atoms with van der Waals surface area (Å²) >= 11 is 1.88. The molecule has 78 valence electrons. The molecule has 2 nitrogen and oxygen atoms in total. The zero-order valence-electron chi connectivity index (χ0n) is 8.86. The molecule has 14 heavy (non-hydrogen) atoms. The van der Waals surface area contributed by atoms with E-state index < -0.39 is 0 Å². The predicted octanol–water partition coefficient (Wildman–Crippen LogP) is 2.56. The number of hydrogen-bond donors (Lipinski definition) is 1. The molecule has 0 radical (unpaired) electrons. The van der Waals surface area contributed by atoms with Gasteiger partial charge in [0.15, 0.2) is 0 Å². The molecule has 0 aromatic carbocycles. The number of nitrogens with zero attached hydrogens (tertiary/aromatic N) is 1. The summed E-state index contributed by atoms with van der Waals surface area (Å²) in [5.74, 6) is 1.12. The van der Waals surface area contributed by atoms with Gasteiger partial charge in [0, 0.05) is 29.1 Å². The van der Waals surface area contributed by atoms with E-state index in [4.69, 9.17) is 0 Å². The van der Waals surface area contributed by atoms with E-state index in [1.165, 1.54) is 11.3 Å². The van der Waals surface area contributed by atoms with Crippen LogP contribution in [0.4, 0.5) is 0 Å². The van der Waals surface area contributed by atoms with Gasteiger partial charge in [-0.05, 0) is 32.0 Å². The monoisotopic (exact) mass is 210 g/mol. The fourth-order valence-electron chi connectivity index (χ4n) is 1.11. The molecule has 0 aliphatic carbocycles. The highest BCUT2D eigenvalue weighted by atomic mass is 32.2. The molecule has 0 aliphatic heterocycles. The minimum atomic E-state index is 0.577. The van der Waals surface area contributed by atoms with Crippen LogP contribution in [0.1, 0.15) is 20.3 Å². The van der Waals surface area contributed by atoms with Crippen LogP contribution in [0.3, 0.4) is 0 Å². The third kappa shape index (κ3) is 4.63. The van der Waals surface area contributed by atoms with Crippen LogP contribution < -0.4 is 5.32 Å². The van der Waals surface area contributed by atoms with Crippen LogP contribution in [0.2, 0.25) is 0 Å². The van der Waals surface area contributed by atoms with Crippen molar-refractivity contribution in [1.82, 2.24) is 10.3 Å². The van der Waals surface area contributed by atoms with Crippen molar-refractivity contribution in [2.75, 3.05) is 12.3 Å². The molecular weight excluding hydrogens is 192 g/mol. The van der Waals surface area contributed by atoms with Crippen molar-refractivity contribution < 1.29 is 0 Å². The lowest BCUT2D eigenvalue weighted by Crippen LogP contribution is -2.28. The Morgan fingerprint density at radius 1 is 1.43 bits per heavy atom. The van der Waals surface area contributed by atoms with Crippen LogP contribution in [0.15, 0.2) is 29.4 Å². The largest absolute Gasteiger partial charge is 0.313 e. The van der Waals surface area contributed by atoms with Crippen molar-refractivity contribution >= 4 is 11.8 Å². The van der Waals surface area contributed by atoms with Gasteiger partial charge in [-0.15, -0.1) is 11.8 Å². The van der Waals surface area contributed by atoms with Gasteiger partial charge in [0.05, 0.1) is 0 Å². The van der Waals surface area contributed by atoms with Crippen LogP contribution in [-0.4, -0.2) is 23.3 Å². The van der Waals surface area contributed by atoms with Gasteiger partial charge in [0.2, 0.25) is 0 Å². The van der Waals surface area contributed by atoms with E-state index in [1.807, 2.05) is 24.2 Å². The average molecular weight is 210 g/mol. The molecule has 1 N–H and O–H groups in total. The molecule has 0 aliphatic rings. The van der Waals surface area contributed by atoms with Gasteiger partial charge in [0.25, 0.3) is 0 Å². The lowest BCUT2D eigenvalue weighted by molar-refractivity contribution is 0.590. The number of aromatic nitrogens is 1. The molecule has 1 aromatic heterocycles. The third-order valence-electron chi connectivity index (χ3n) is 1.89. The Kier molecular flexibility index (Phi) is 5.64. The molecule has 1 rings (SSSR count). The van der Waals surface area contributed by atoms with E-state index in [9.17, 15) is 0 Å². The number of thioether (sulfide) groups is 1. The van der Waals surface area contributed by atoms with Crippen molar-refractivity contribution in [2.45, 2.75) is 31.2 Å². The minimum Gasteiger partial charge on any atom is -0.313 e. The Bertz CT molecular complexity index is 238. The quantitative estimate of drug-likeness (QED) is 0.730. The standard InChI is InChI=1S/C11H18N2S/c1-3-6-13-10(2)9-14-11-4-7-12-8-5-11/h4-5,7-8,10,13H,3,6,9H2,1-2H3. The first-order valence-electron chi connectivity index (χ1n) is 5.09. The highest BCUT2D eigenvalue weighted by Gasteiger charge is 2.00. The van der Waals surface area contributed by atoms with Gasteiger partial charge >= 0.3 is 0 Å². The van der Waals surface area contributed by atoms with Gasteiger partial charge in [-0.25, -0.2) is 0 Å². The number of rotatable bonds is 6. The number of hydrogen-bond acceptors (Lipinski definition) is 3. The molecule has 0 saturated heterocycles. The molecule has 0 bridgehead atoms. The topological polar surface area (TPSA) is 24.9 Å². The summed E-state index contributed by atoms with van der Waals surface area (Å²) in [6.07, 6.45) is 4.88. The van der Waals surface area contributed by atoms with Crippen LogP contribution in [0.25, 0.3) is 0 Å². The summed E-state index contributed by atoms with van der Waals surface area (Å²) in [7, 11) is 0. The molecule has 1 heterocycles. The van der Waals surface area contributed by atoms with E-state index in [-0.39, 0.29) is 0 Å². The van der Waals surface area contributed by atoms with Gasteiger partial charge in [-0.2, -0.15) is 0 Å². The molecule has 1 atom stereocenters. The van der Waals surface area contributed by atoms with Crippen molar-refractivity contribution in [3.63, 3.8) is 0 Å². The molecule has 0 amide bonds. The van der Waals surface area contributed by atoms with Crippen LogP contribution in [0.5, 0.6) is 0 Å². The average Bonchev–Trinajstić information content (AvgIpc) is 2.25. The van der Waals surface area contributed by atoms with Gasteiger partial charge < -0.3 is 5.32 Å². The molecule has 1 aromatic rings. The molecule has 0 spiro atoms. The Morgan fingerprint density at radius 2 is 2.14 bits per heavy atom. The third-order valence-corrected chi connectivity index (χ3v) is 3.16. The SMILES string of the molecule is CCCNC(C)CSc1ccncc1. The second-order valence-corrected chi connectivity index (χ2v) is 4.44. The van der Waals surface area contributed by atoms with Crippen molar-refractivity contribution in [3.8, 4) is 0 Å². The second-order valence-electron chi connectivity index (χ2n) is 3.35. The maximum atomic E-state index is 3.99. The summed E-state index contributed by atoms with van der Waals surface area (Å²) in [5, 5.41) is 3.47. The van der Waals surface area contributed by atoms with Crippen LogP contribution in [0, 0.1) is 0 Å². The molecule has 0 fully saturated rings. The van der Waals surface area contributed by atoms with Gasteiger partial charge in [-0.3, -0.25) is 4.98 Å². The Balaban J connectivity index is 2.20. The first-order valence-corrected chi connectivity index (χ1v) is 6.07. The van der Waals surface area contributed by atoms with Gasteiger partial charge in [-0.1, -0.05) is 6.92 Å². The smallest absolute Gasteiger partial charge is 0.0278 e. The first-order chi connectivity index (χ1) is 6.83. The zero-order valence-corrected chi connectivity index (χ0v) is 9.68. The zero-order chi connectivity index (χ0) is 10.2. The lowest BCUT2D eigenvalue weighted by Gasteiger charge is -2.12. The summed E-state index contributed by atoms with van der Waals surface area (Å²) in [4.78, 5) is 5.29. The van der Waals surface area contributed by atoms with E-state index in [0.29, 0.717) is 6.04 Å². The maximum absolute atomic E-state index is 3.99. The van der Waals surface area contributed by atoms with Gasteiger partial charge in [0.1, 0.15) is 0 Å². The van der Waals surface area contributed by atoms with E-state index in [2.05, 4.69) is 36.3 Å². The van der Waals surface area contributed by atoms with Crippen molar-refractivity contribution in [1.29, 1.82) is 0 Å². The fourth-order valence-corrected chi connectivity index (χ4v) is 1.98. The Morgan fingerprint density at radius 3 is 2.79 bits per heavy atom. The van der Waals surface area contributed by atoms with Crippen LogP contribution in [-0.2, 0) is 0 Å². The van der Waals surface area contributed by atoms with E-state index in [0.717, 1.165) is 12.3 Å². The molecule has 1 unspecified atom stereocenters. The fraction of sp³-hybridized carbons (Fsp3) is 0.545. The summed E-state index contributed by atoms with van der Waals surface area (Å²) in [6.45, 7) is 5.53. The van der Waals surface area contributed by atoms with Crippen LogP contribution >= 0.6 is 11.8 Å². The predicted molar refractivity (Wildman–Crippen MR) is 62.7 cm³/mol. The van der Waals surface area contributed by atoms with Crippen molar-refractivity contribution in [2.24, 2.45) is 0 Å². The number of pyridine rings is 1. The highest BCUT2D eigenvalue weighted by Crippen LogP contribution is 2.16. The normalized spacial score (nSPS) is 12.7. The lowest BCUT2D eigenvalue weighted by atomic mass is 10.3. The Hall–Kier alpha value is -0.540. The summed E-state index contributed by atoms with van der Waals surface area (Å²) < 4.78 is 0. The van der Waals surface area contributed by atoms with E-state index in [1.54, 1.807) is 0 Å².